The molecular weight excluding hydrogens is 375 g/mol. The first-order valence-electron chi connectivity index (χ1n) is 10.0. The van der Waals surface area contributed by atoms with Crippen LogP contribution in [0.1, 0.15) is 75.3 Å². The zero-order chi connectivity index (χ0) is 19.3. The lowest BCUT2D eigenvalue weighted by atomic mass is 9.82. The first-order valence-corrected chi connectivity index (χ1v) is 10.4. The summed E-state index contributed by atoms with van der Waals surface area (Å²) in [5, 5.41) is 4.57. The van der Waals surface area contributed by atoms with Gasteiger partial charge in [0.25, 0.3) is 0 Å². The minimum Gasteiger partial charge on any atom is -0.395 e. The highest BCUT2D eigenvalue weighted by Crippen LogP contribution is 2.37. The van der Waals surface area contributed by atoms with Crippen LogP contribution in [0.4, 0.5) is 13.2 Å². The predicted molar refractivity (Wildman–Crippen MR) is 102 cm³/mol. The van der Waals surface area contributed by atoms with Crippen LogP contribution in [0.5, 0.6) is 0 Å². The average molecular weight is 402 g/mol. The molecule has 0 aromatic heterocycles. The molecule has 0 atom stereocenters. The number of alkyl halides is 3. The Bertz CT molecular complexity index is 647. The second kappa shape index (κ2) is 9.31. The molecule has 2 saturated carbocycles. The molecule has 3 rings (SSSR count). The number of halogens is 4. The third kappa shape index (κ3) is 5.63. The van der Waals surface area contributed by atoms with Gasteiger partial charge >= 0.3 is 6.18 Å². The zero-order valence-corrected chi connectivity index (χ0v) is 16.3. The second-order valence-corrected chi connectivity index (χ2v) is 8.24. The van der Waals surface area contributed by atoms with E-state index < -0.39 is 11.7 Å². The smallest absolute Gasteiger partial charge is 0.395 e. The van der Waals surface area contributed by atoms with Crippen LogP contribution in [0.3, 0.4) is 0 Å². The van der Waals surface area contributed by atoms with E-state index in [9.17, 15) is 13.2 Å². The quantitative estimate of drug-likeness (QED) is 0.376. The van der Waals surface area contributed by atoms with E-state index in [0.717, 1.165) is 51.0 Å². The molecule has 0 spiro atoms. The lowest BCUT2D eigenvalue weighted by Crippen LogP contribution is -2.23. The monoisotopic (exact) mass is 401 g/mol. The van der Waals surface area contributed by atoms with E-state index in [1.807, 2.05) is 0 Å². The Morgan fingerprint density at radius 2 is 1.63 bits per heavy atom. The van der Waals surface area contributed by atoms with Crippen molar-refractivity contribution < 1.29 is 18.0 Å². The summed E-state index contributed by atoms with van der Waals surface area (Å²) in [5.74, 6) is 0.446. The van der Waals surface area contributed by atoms with E-state index in [2.05, 4.69) is 5.16 Å². The predicted octanol–water partition coefficient (Wildman–Crippen LogP) is 7.24. The lowest BCUT2D eigenvalue weighted by molar-refractivity contribution is -0.137. The van der Waals surface area contributed by atoms with Gasteiger partial charge in [0.05, 0.1) is 11.3 Å². The molecule has 1 aromatic carbocycles. The fourth-order valence-electron chi connectivity index (χ4n) is 4.26. The van der Waals surface area contributed by atoms with Crippen molar-refractivity contribution in [3.05, 3.63) is 34.3 Å². The van der Waals surface area contributed by atoms with Crippen molar-refractivity contribution in [2.45, 2.75) is 70.4 Å². The Hall–Kier alpha value is -1.23. The van der Waals surface area contributed by atoms with Crippen molar-refractivity contribution >= 4 is 17.3 Å². The average Bonchev–Trinajstić information content (AvgIpc) is 2.66. The minimum absolute atomic E-state index is 0.00956. The molecule has 0 radical (unpaired) electrons. The Balaban J connectivity index is 1.87. The largest absolute Gasteiger partial charge is 0.417 e. The van der Waals surface area contributed by atoms with Crippen LogP contribution in [0.15, 0.2) is 23.4 Å². The number of hydrogen-bond donors (Lipinski definition) is 0. The molecule has 2 aliphatic rings. The molecule has 2 fully saturated rings. The highest BCUT2D eigenvalue weighted by molar-refractivity contribution is 6.31. The Kier molecular flexibility index (Phi) is 7.07. The summed E-state index contributed by atoms with van der Waals surface area (Å²) < 4.78 is 40.7. The van der Waals surface area contributed by atoms with Crippen molar-refractivity contribution in [2.75, 3.05) is 6.61 Å². The van der Waals surface area contributed by atoms with E-state index >= 15 is 0 Å². The molecule has 2 nitrogen and oxygen atoms in total. The summed E-state index contributed by atoms with van der Waals surface area (Å²) >= 11 is 6.04. The normalized spacial score (nSPS) is 20.7. The van der Waals surface area contributed by atoms with Crippen molar-refractivity contribution in [3.63, 3.8) is 0 Å². The Morgan fingerprint density at radius 1 is 1.00 bits per heavy atom. The molecule has 150 valence electrons. The Labute approximate surface area is 164 Å². The van der Waals surface area contributed by atoms with Crippen LogP contribution in [0.25, 0.3) is 0 Å². The van der Waals surface area contributed by atoms with E-state index in [-0.39, 0.29) is 16.5 Å². The maximum absolute atomic E-state index is 13.6. The van der Waals surface area contributed by atoms with E-state index in [4.69, 9.17) is 16.4 Å². The standard InChI is InChI=1S/C21H27ClF3NO/c22-17-11-12-19(21(23,24)25)18(13-17)20(16-9-5-2-6-10-16)26-27-14-15-7-3-1-4-8-15/h11-13,15-16H,1-10,14H2. The van der Waals surface area contributed by atoms with Gasteiger partial charge in [-0.3, -0.25) is 0 Å². The maximum atomic E-state index is 13.6. The molecule has 0 heterocycles. The second-order valence-electron chi connectivity index (χ2n) is 7.80. The fraction of sp³-hybridized carbons (Fsp3) is 0.667. The van der Waals surface area contributed by atoms with Crippen LogP contribution in [0, 0.1) is 11.8 Å². The molecule has 0 N–H and O–H groups in total. The van der Waals surface area contributed by atoms with Crippen molar-refractivity contribution in [1.29, 1.82) is 0 Å². The summed E-state index contributed by atoms with van der Waals surface area (Å²) in [6, 6.07) is 3.73. The SMILES string of the molecule is FC(F)(F)c1ccc(Cl)cc1C(=NOCC1CCCCC1)C1CCCCC1. The number of oxime groups is 1. The first kappa shape index (κ1) is 20.5. The molecular formula is C21H27ClF3NO. The molecule has 0 saturated heterocycles. The van der Waals surface area contributed by atoms with Gasteiger partial charge in [0, 0.05) is 16.5 Å². The van der Waals surface area contributed by atoms with Crippen molar-refractivity contribution in [1.82, 2.24) is 0 Å². The Morgan fingerprint density at radius 3 is 2.26 bits per heavy atom. The van der Waals surface area contributed by atoms with Gasteiger partial charge < -0.3 is 4.84 Å². The molecule has 0 aliphatic heterocycles. The van der Waals surface area contributed by atoms with Crippen molar-refractivity contribution in [2.24, 2.45) is 17.0 Å². The van der Waals surface area contributed by atoms with Crippen LogP contribution in [-0.4, -0.2) is 12.3 Å². The third-order valence-corrected chi connectivity index (χ3v) is 5.99. The van der Waals surface area contributed by atoms with Gasteiger partial charge in [0.2, 0.25) is 0 Å². The maximum Gasteiger partial charge on any atom is 0.417 e. The minimum atomic E-state index is -4.45. The lowest BCUT2D eigenvalue weighted by Gasteiger charge is -2.26. The molecule has 27 heavy (non-hydrogen) atoms. The molecule has 0 unspecified atom stereocenters. The van der Waals surface area contributed by atoms with Gasteiger partial charge in [-0.1, -0.05) is 55.3 Å². The summed E-state index contributed by atoms with van der Waals surface area (Å²) in [4.78, 5) is 5.63. The van der Waals surface area contributed by atoms with Gasteiger partial charge in [-0.25, -0.2) is 0 Å². The molecule has 0 amide bonds. The number of nitrogens with zero attached hydrogens (tertiary/aromatic N) is 1. The van der Waals surface area contributed by atoms with Gasteiger partial charge in [-0.2, -0.15) is 13.2 Å². The van der Waals surface area contributed by atoms with E-state index in [1.54, 1.807) is 0 Å². The highest BCUT2D eigenvalue weighted by atomic mass is 35.5. The van der Waals surface area contributed by atoms with Gasteiger partial charge in [0.15, 0.2) is 0 Å². The summed E-state index contributed by atoms with van der Waals surface area (Å²) in [7, 11) is 0. The highest BCUT2D eigenvalue weighted by Gasteiger charge is 2.36. The van der Waals surface area contributed by atoms with E-state index in [0.29, 0.717) is 18.2 Å². The molecule has 0 bridgehead atoms. The van der Waals surface area contributed by atoms with Crippen LogP contribution >= 0.6 is 11.6 Å². The first-order chi connectivity index (χ1) is 12.9. The number of hydrogen-bond acceptors (Lipinski definition) is 2. The fourth-order valence-corrected chi connectivity index (χ4v) is 4.43. The zero-order valence-electron chi connectivity index (χ0n) is 15.5. The van der Waals surface area contributed by atoms with Crippen molar-refractivity contribution in [3.8, 4) is 0 Å². The van der Waals surface area contributed by atoms with Gasteiger partial charge in [-0.15, -0.1) is 0 Å². The van der Waals surface area contributed by atoms with Crippen LogP contribution in [0.2, 0.25) is 5.02 Å². The van der Waals surface area contributed by atoms with Crippen LogP contribution in [-0.2, 0) is 11.0 Å². The van der Waals surface area contributed by atoms with Gasteiger partial charge in [0.1, 0.15) is 6.61 Å². The third-order valence-electron chi connectivity index (χ3n) is 5.75. The topological polar surface area (TPSA) is 21.6 Å². The summed E-state index contributed by atoms with van der Waals surface area (Å²) in [6.45, 7) is 0.484. The van der Waals surface area contributed by atoms with Crippen LogP contribution < -0.4 is 0 Å². The van der Waals surface area contributed by atoms with E-state index in [1.165, 1.54) is 31.4 Å². The number of benzene rings is 1. The summed E-state index contributed by atoms with van der Waals surface area (Å²) in [5.41, 5.74) is -0.191. The molecule has 1 aromatic rings. The summed E-state index contributed by atoms with van der Waals surface area (Å²) in [6.07, 6.45) is 6.24. The number of rotatable bonds is 5. The molecule has 6 heteroatoms. The van der Waals surface area contributed by atoms with Gasteiger partial charge in [-0.05, 0) is 49.8 Å². The molecule has 2 aliphatic carbocycles.